The highest BCUT2D eigenvalue weighted by molar-refractivity contribution is 7.12. The number of nitrogens with one attached hydrogen (secondary N) is 1. The topological polar surface area (TPSA) is 21.3 Å². The molecule has 20 heavy (non-hydrogen) atoms. The normalized spacial score (nSPS) is 10.8. The summed E-state index contributed by atoms with van der Waals surface area (Å²) in [6.45, 7) is 11.1. The van der Waals surface area contributed by atoms with E-state index in [1.165, 1.54) is 26.4 Å². The average molecular weight is 289 g/mol. The van der Waals surface area contributed by atoms with Crippen molar-refractivity contribution in [3.05, 3.63) is 50.7 Å². The van der Waals surface area contributed by atoms with Crippen molar-refractivity contribution < 1.29 is 4.74 Å². The summed E-state index contributed by atoms with van der Waals surface area (Å²) < 4.78 is 5.99. The van der Waals surface area contributed by atoms with E-state index in [9.17, 15) is 0 Å². The fourth-order valence-electron chi connectivity index (χ4n) is 2.10. The first-order valence-corrected chi connectivity index (χ1v) is 7.91. The zero-order chi connectivity index (χ0) is 14.5. The predicted octanol–water partition coefficient (Wildman–Crippen LogP) is 4.36. The monoisotopic (exact) mass is 289 g/mol. The van der Waals surface area contributed by atoms with Crippen molar-refractivity contribution in [2.45, 2.75) is 40.8 Å². The van der Waals surface area contributed by atoms with Gasteiger partial charge < -0.3 is 10.1 Å². The van der Waals surface area contributed by atoms with Gasteiger partial charge in [0.25, 0.3) is 0 Å². The van der Waals surface area contributed by atoms with Gasteiger partial charge in [-0.1, -0.05) is 19.1 Å². The number of rotatable bonds is 6. The summed E-state index contributed by atoms with van der Waals surface area (Å²) in [6.07, 6.45) is 0. The lowest BCUT2D eigenvalue weighted by Crippen LogP contribution is -2.10. The Morgan fingerprint density at radius 1 is 1.20 bits per heavy atom. The second-order valence-electron chi connectivity index (χ2n) is 5.06. The molecule has 0 saturated heterocycles. The van der Waals surface area contributed by atoms with Crippen LogP contribution in [-0.4, -0.2) is 6.54 Å². The van der Waals surface area contributed by atoms with Crippen LogP contribution in [0.5, 0.6) is 5.75 Å². The minimum Gasteiger partial charge on any atom is -0.489 e. The van der Waals surface area contributed by atoms with Crippen LogP contribution in [0.15, 0.2) is 24.3 Å². The molecule has 0 atom stereocenters. The van der Waals surface area contributed by atoms with Crippen molar-refractivity contribution in [3.8, 4) is 5.75 Å². The number of hydrogen-bond donors (Lipinski definition) is 1. The van der Waals surface area contributed by atoms with Gasteiger partial charge in [-0.2, -0.15) is 0 Å². The molecule has 2 nitrogen and oxygen atoms in total. The number of aryl methyl sites for hydroxylation is 2. The lowest BCUT2D eigenvalue weighted by Gasteiger charge is -2.10. The predicted molar refractivity (Wildman–Crippen MR) is 86.7 cm³/mol. The lowest BCUT2D eigenvalue weighted by atomic mass is 10.1. The molecule has 0 spiro atoms. The van der Waals surface area contributed by atoms with Crippen molar-refractivity contribution >= 4 is 11.3 Å². The van der Waals surface area contributed by atoms with Crippen LogP contribution in [0.3, 0.4) is 0 Å². The van der Waals surface area contributed by atoms with E-state index >= 15 is 0 Å². The Morgan fingerprint density at radius 3 is 2.75 bits per heavy atom. The third-order valence-electron chi connectivity index (χ3n) is 3.56. The minimum atomic E-state index is 0.652. The molecular formula is C17H23NOS. The van der Waals surface area contributed by atoms with Gasteiger partial charge in [-0.15, -0.1) is 11.3 Å². The summed E-state index contributed by atoms with van der Waals surface area (Å²) in [5, 5.41) is 3.37. The van der Waals surface area contributed by atoms with Crippen LogP contribution in [0.25, 0.3) is 0 Å². The van der Waals surface area contributed by atoms with Gasteiger partial charge in [-0.25, -0.2) is 0 Å². The van der Waals surface area contributed by atoms with Crippen LogP contribution in [0.2, 0.25) is 0 Å². The van der Waals surface area contributed by atoms with E-state index in [0.717, 1.165) is 18.8 Å². The molecule has 1 heterocycles. The molecule has 0 fully saturated rings. The molecule has 0 aliphatic rings. The Morgan fingerprint density at radius 2 is 2.00 bits per heavy atom. The standard InChI is InChI=1S/C17H23NOS/c1-5-18-10-16-9-15(14(4)20-16)11-19-17-8-6-7-12(2)13(17)3/h6-9,18H,5,10-11H2,1-4H3. The summed E-state index contributed by atoms with van der Waals surface area (Å²) in [6, 6.07) is 8.47. The summed E-state index contributed by atoms with van der Waals surface area (Å²) in [5.74, 6) is 0.990. The molecule has 1 aromatic heterocycles. The largest absolute Gasteiger partial charge is 0.489 e. The Bertz CT molecular complexity index is 574. The zero-order valence-electron chi connectivity index (χ0n) is 12.7. The Balaban J connectivity index is 2.03. The summed E-state index contributed by atoms with van der Waals surface area (Å²) in [4.78, 5) is 2.73. The summed E-state index contributed by atoms with van der Waals surface area (Å²) in [7, 11) is 0. The molecule has 1 aromatic carbocycles. The van der Waals surface area contributed by atoms with Gasteiger partial charge >= 0.3 is 0 Å². The van der Waals surface area contributed by atoms with Crippen LogP contribution >= 0.6 is 11.3 Å². The zero-order valence-corrected chi connectivity index (χ0v) is 13.6. The van der Waals surface area contributed by atoms with Crippen LogP contribution in [0, 0.1) is 20.8 Å². The van der Waals surface area contributed by atoms with Crippen molar-refractivity contribution in [2.24, 2.45) is 0 Å². The Hall–Kier alpha value is -1.32. The van der Waals surface area contributed by atoms with Gasteiger partial charge in [-0.05, 0) is 50.6 Å². The van der Waals surface area contributed by atoms with Gasteiger partial charge in [0.15, 0.2) is 0 Å². The number of thiophene rings is 1. The summed E-state index contributed by atoms with van der Waals surface area (Å²) in [5.41, 5.74) is 3.80. The number of ether oxygens (including phenoxy) is 1. The second-order valence-corrected chi connectivity index (χ2v) is 6.40. The van der Waals surface area contributed by atoms with Crippen molar-refractivity contribution in [3.63, 3.8) is 0 Å². The van der Waals surface area contributed by atoms with Gasteiger partial charge in [0.1, 0.15) is 12.4 Å². The first kappa shape index (κ1) is 15.1. The van der Waals surface area contributed by atoms with E-state index < -0.39 is 0 Å². The highest BCUT2D eigenvalue weighted by Crippen LogP contribution is 2.25. The number of hydrogen-bond acceptors (Lipinski definition) is 3. The molecule has 0 aliphatic heterocycles. The molecule has 108 valence electrons. The van der Waals surface area contributed by atoms with E-state index in [2.05, 4.69) is 51.2 Å². The molecule has 1 N–H and O–H groups in total. The van der Waals surface area contributed by atoms with E-state index in [1.54, 1.807) is 0 Å². The van der Waals surface area contributed by atoms with Gasteiger partial charge in [0, 0.05) is 21.9 Å². The maximum absolute atomic E-state index is 5.99. The first-order valence-electron chi connectivity index (χ1n) is 7.09. The fourth-order valence-corrected chi connectivity index (χ4v) is 3.12. The maximum Gasteiger partial charge on any atom is 0.122 e. The lowest BCUT2D eigenvalue weighted by molar-refractivity contribution is 0.303. The van der Waals surface area contributed by atoms with Crippen LogP contribution in [0.1, 0.15) is 33.4 Å². The summed E-state index contributed by atoms with van der Waals surface area (Å²) >= 11 is 1.85. The molecule has 0 unspecified atom stereocenters. The highest BCUT2D eigenvalue weighted by atomic mass is 32.1. The molecule has 0 aliphatic carbocycles. The van der Waals surface area contributed by atoms with Crippen LogP contribution in [0.4, 0.5) is 0 Å². The number of benzene rings is 1. The molecule has 3 heteroatoms. The molecule has 0 amide bonds. The van der Waals surface area contributed by atoms with Gasteiger partial charge in [0.05, 0.1) is 0 Å². The van der Waals surface area contributed by atoms with Gasteiger partial charge in [-0.3, -0.25) is 0 Å². The average Bonchev–Trinajstić information content (AvgIpc) is 2.79. The molecule has 2 aromatic rings. The molecule has 2 rings (SSSR count). The first-order chi connectivity index (χ1) is 9.61. The SMILES string of the molecule is CCNCc1cc(COc2cccc(C)c2C)c(C)s1. The van der Waals surface area contributed by atoms with Crippen LogP contribution in [-0.2, 0) is 13.2 Å². The second kappa shape index (κ2) is 6.91. The van der Waals surface area contributed by atoms with E-state index in [1.807, 2.05) is 17.4 Å². The van der Waals surface area contributed by atoms with Crippen molar-refractivity contribution in [1.82, 2.24) is 5.32 Å². The fraction of sp³-hybridized carbons (Fsp3) is 0.412. The molecule has 0 radical (unpaired) electrons. The van der Waals surface area contributed by atoms with Gasteiger partial charge in [0.2, 0.25) is 0 Å². The van der Waals surface area contributed by atoms with E-state index in [4.69, 9.17) is 4.74 Å². The third kappa shape index (κ3) is 3.62. The highest BCUT2D eigenvalue weighted by Gasteiger charge is 2.07. The minimum absolute atomic E-state index is 0.652. The van der Waals surface area contributed by atoms with Crippen LogP contribution < -0.4 is 10.1 Å². The van der Waals surface area contributed by atoms with E-state index in [0.29, 0.717) is 6.61 Å². The molecule has 0 saturated carbocycles. The third-order valence-corrected chi connectivity index (χ3v) is 4.65. The Labute approximate surface area is 125 Å². The molecular weight excluding hydrogens is 266 g/mol. The molecule has 0 bridgehead atoms. The quantitative estimate of drug-likeness (QED) is 0.853. The van der Waals surface area contributed by atoms with Crippen molar-refractivity contribution in [1.29, 1.82) is 0 Å². The Kier molecular flexibility index (Phi) is 5.21. The maximum atomic E-state index is 5.99. The van der Waals surface area contributed by atoms with Crippen molar-refractivity contribution in [2.75, 3.05) is 6.54 Å². The smallest absolute Gasteiger partial charge is 0.122 e. The van der Waals surface area contributed by atoms with E-state index in [-0.39, 0.29) is 0 Å².